The number of nitrogens with zero attached hydrogens (tertiary/aromatic N) is 1. The predicted molar refractivity (Wildman–Crippen MR) is 82.9 cm³/mol. The van der Waals surface area contributed by atoms with Crippen molar-refractivity contribution in [3.05, 3.63) is 47.0 Å². The van der Waals surface area contributed by atoms with E-state index in [0.29, 0.717) is 22.7 Å². The number of fused-ring (bicyclic) bond motifs is 1. The third-order valence-electron chi connectivity index (χ3n) is 3.16. The Kier molecular flexibility index (Phi) is 3.35. The highest BCUT2D eigenvalue weighted by Gasteiger charge is 2.13. The van der Waals surface area contributed by atoms with Crippen LogP contribution in [0.5, 0.6) is 0 Å². The Morgan fingerprint density at radius 3 is 2.67 bits per heavy atom. The van der Waals surface area contributed by atoms with E-state index in [0.717, 1.165) is 15.6 Å². The van der Waals surface area contributed by atoms with Gasteiger partial charge >= 0.3 is 0 Å². The summed E-state index contributed by atoms with van der Waals surface area (Å²) in [4.78, 5) is 24.9. The van der Waals surface area contributed by atoms with Crippen molar-refractivity contribution in [1.82, 2.24) is 4.90 Å². The van der Waals surface area contributed by atoms with E-state index >= 15 is 0 Å². The summed E-state index contributed by atoms with van der Waals surface area (Å²) in [5, 5.41) is 0.992. The van der Waals surface area contributed by atoms with E-state index in [-0.39, 0.29) is 5.91 Å². The number of aldehydes is 1. The Hall–Kier alpha value is -2.40. The smallest absolute Gasteiger partial charge is 0.263 e. The molecule has 1 aromatic carbocycles. The van der Waals surface area contributed by atoms with Crippen molar-refractivity contribution in [2.45, 2.75) is 0 Å². The van der Waals surface area contributed by atoms with Crippen LogP contribution in [0.25, 0.3) is 21.4 Å². The molecule has 0 atom stereocenters. The third-order valence-corrected chi connectivity index (χ3v) is 4.26. The topological polar surface area (TPSA) is 50.5 Å². The second-order valence-electron chi connectivity index (χ2n) is 4.88. The van der Waals surface area contributed by atoms with Crippen LogP contribution in [0.4, 0.5) is 0 Å². The molecule has 3 rings (SSSR count). The van der Waals surface area contributed by atoms with Gasteiger partial charge in [0.05, 0.1) is 4.88 Å². The van der Waals surface area contributed by atoms with Gasteiger partial charge in [-0.05, 0) is 41.8 Å². The summed E-state index contributed by atoms with van der Waals surface area (Å²) in [5.74, 6) is 0.948. The second-order valence-corrected chi connectivity index (χ2v) is 5.97. The highest BCUT2D eigenvalue weighted by molar-refractivity contribution is 7.20. The molecule has 3 aromatic rings. The summed E-state index contributed by atoms with van der Waals surface area (Å²) in [6, 6.07) is 11.1. The molecule has 0 aliphatic carbocycles. The molecule has 1 amide bonds. The molecule has 0 fully saturated rings. The lowest BCUT2D eigenvalue weighted by molar-refractivity contribution is 0.0832. The van der Waals surface area contributed by atoms with Crippen LogP contribution in [0.1, 0.15) is 20.2 Å². The maximum Gasteiger partial charge on any atom is 0.263 e. The van der Waals surface area contributed by atoms with Crippen LogP contribution < -0.4 is 0 Å². The Labute approximate surface area is 125 Å². The van der Waals surface area contributed by atoms with Crippen LogP contribution in [0.2, 0.25) is 0 Å². The maximum absolute atomic E-state index is 12.0. The zero-order valence-electron chi connectivity index (χ0n) is 11.6. The van der Waals surface area contributed by atoms with E-state index in [4.69, 9.17) is 4.42 Å². The van der Waals surface area contributed by atoms with Crippen molar-refractivity contribution in [2.75, 3.05) is 14.1 Å². The van der Waals surface area contributed by atoms with Crippen molar-refractivity contribution in [2.24, 2.45) is 0 Å². The van der Waals surface area contributed by atoms with Gasteiger partial charge in [0.2, 0.25) is 0 Å². The van der Waals surface area contributed by atoms with Crippen LogP contribution in [0.3, 0.4) is 0 Å². The molecule has 4 nitrogen and oxygen atoms in total. The van der Waals surface area contributed by atoms with Crippen LogP contribution in [-0.4, -0.2) is 31.2 Å². The van der Waals surface area contributed by atoms with Crippen molar-refractivity contribution in [1.29, 1.82) is 0 Å². The fraction of sp³-hybridized carbons (Fsp3) is 0.125. The van der Waals surface area contributed by atoms with Gasteiger partial charge in [0, 0.05) is 24.4 Å². The van der Waals surface area contributed by atoms with Gasteiger partial charge in [-0.3, -0.25) is 9.59 Å². The molecule has 0 unspecified atom stereocenters. The maximum atomic E-state index is 12.0. The van der Waals surface area contributed by atoms with Gasteiger partial charge in [0.15, 0.2) is 12.0 Å². The number of hydrogen-bond acceptors (Lipinski definition) is 4. The minimum Gasteiger partial charge on any atom is -0.453 e. The number of furan rings is 1. The van der Waals surface area contributed by atoms with Gasteiger partial charge in [-0.15, -0.1) is 11.3 Å². The van der Waals surface area contributed by atoms with Crippen LogP contribution in [0.15, 0.2) is 40.8 Å². The Bertz CT molecular complexity index is 829. The van der Waals surface area contributed by atoms with Gasteiger partial charge < -0.3 is 9.32 Å². The number of carbonyl (C=O) groups is 2. The first-order valence-electron chi connectivity index (χ1n) is 6.39. The number of benzene rings is 1. The van der Waals surface area contributed by atoms with E-state index in [9.17, 15) is 9.59 Å². The van der Waals surface area contributed by atoms with Crippen LogP contribution in [-0.2, 0) is 0 Å². The normalized spacial score (nSPS) is 10.8. The Balaban J connectivity index is 2.03. The van der Waals surface area contributed by atoms with E-state index < -0.39 is 0 Å². The second kappa shape index (κ2) is 5.18. The quantitative estimate of drug-likeness (QED) is 0.693. The third kappa shape index (κ3) is 2.48. The number of hydrogen-bond donors (Lipinski definition) is 0. The molecule has 2 aromatic heterocycles. The van der Waals surface area contributed by atoms with Crippen molar-refractivity contribution in [3.8, 4) is 11.3 Å². The fourth-order valence-corrected chi connectivity index (χ4v) is 3.16. The number of carbonyl (C=O) groups excluding carboxylic acids is 2. The van der Waals surface area contributed by atoms with Gasteiger partial charge in [0.1, 0.15) is 5.76 Å². The van der Waals surface area contributed by atoms with Crippen molar-refractivity contribution < 1.29 is 14.0 Å². The number of amides is 1. The van der Waals surface area contributed by atoms with Crippen LogP contribution >= 0.6 is 11.3 Å². The standard InChI is InChI=1S/C16H13NO3S/c1-17(2)16(19)15-8-11-7-10(3-6-14(11)21-15)13-5-4-12(9-18)20-13/h3-9H,1-2H3. The Morgan fingerprint density at radius 2 is 2.00 bits per heavy atom. The monoisotopic (exact) mass is 299 g/mol. The number of thiophene rings is 1. The van der Waals surface area contributed by atoms with E-state index in [1.807, 2.05) is 24.3 Å². The summed E-state index contributed by atoms with van der Waals surface area (Å²) < 4.78 is 6.47. The van der Waals surface area contributed by atoms with Gasteiger partial charge in [-0.2, -0.15) is 0 Å². The van der Waals surface area contributed by atoms with Crippen molar-refractivity contribution in [3.63, 3.8) is 0 Å². The van der Waals surface area contributed by atoms with Crippen molar-refractivity contribution >= 4 is 33.6 Å². The fourth-order valence-electron chi connectivity index (χ4n) is 2.09. The summed E-state index contributed by atoms with van der Waals surface area (Å²) in [5.41, 5.74) is 0.886. The molecule has 5 heteroatoms. The minimum atomic E-state index is -0.000935. The molecule has 0 bridgehead atoms. The zero-order valence-corrected chi connectivity index (χ0v) is 12.4. The first-order chi connectivity index (χ1) is 10.1. The molecule has 0 saturated heterocycles. The number of rotatable bonds is 3. The summed E-state index contributed by atoms with van der Waals surface area (Å²) in [6.45, 7) is 0. The van der Waals surface area contributed by atoms with Gasteiger partial charge in [-0.1, -0.05) is 0 Å². The molecule has 0 radical (unpaired) electrons. The van der Waals surface area contributed by atoms with E-state index in [1.54, 1.807) is 31.1 Å². The summed E-state index contributed by atoms with van der Waals surface area (Å²) in [7, 11) is 3.48. The highest BCUT2D eigenvalue weighted by atomic mass is 32.1. The summed E-state index contributed by atoms with van der Waals surface area (Å²) >= 11 is 1.47. The first kappa shape index (κ1) is 13.6. The van der Waals surface area contributed by atoms with E-state index in [1.165, 1.54) is 11.3 Å². The molecule has 2 heterocycles. The lowest BCUT2D eigenvalue weighted by atomic mass is 10.1. The average molecular weight is 299 g/mol. The molecule has 0 spiro atoms. The lowest BCUT2D eigenvalue weighted by Crippen LogP contribution is -2.20. The molecular formula is C16H13NO3S. The predicted octanol–water partition coefficient (Wildman–Crippen LogP) is 3.68. The minimum absolute atomic E-state index is 0.000935. The average Bonchev–Trinajstić information content (AvgIpc) is 3.11. The molecule has 0 aliphatic heterocycles. The largest absolute Gasteiger partial charge is 0.453 e. The highest BCUT2D eigenvalue weighted by Crippen LogP contribution is 2.31. The lowest BCUT2D eigenvalue weighted by Gasteiger charge is -2.06. The molecule has 0 aliphatic rings. The van der Waals surface area contributed by atoms with Gasteiger partial charge in [-0.25, -0.2) is 0 Å². The first-order valence-corrected chi connectivity index (χ1v) is 7.21. The molecule has 106 valence electrons. The molecular weight excluding hydrogens is 286 g/mol. The Morgan fingerprint density at radius 1 is 1.19 bits per heavy atom. The molecule has 21 heavy (non-hydrogen) atoms. The SMILES string of the molecule is CN(C)C(=O)c1cc2cc(-c3ccc(C=O)o3)ccc2s1. The van der Waals surface area contributed by atoms with E-state index in [2.05, 4.69) is 0 Å². The molecule has 0 N–H and O–H groups in total. The van der Waals surface area contributed by atoms with Gasteiger partial charge in [0.25, 0.3) is 5.91 Å². The summed E-state index contributed by atoms with van der Waals surface area (Å²) in [6.07, 6.45) is 0.681. The molecule has 0 saturated carbocycles. The van der Waals surface area contributed by atoms with Crippen LogP contribution in [0, 0.1) is 0 Å². The zero-order chi connectivity index (χ0) is 15.0.